The SMILES string of the molecule is COc1ccc(C(=O)NCC(=O)Nc2ccc(NC(=O)N3CCCCCC3)cc2)cc1OC. The first-order valence-corrected chi connectivity index (χ1v) is 11.0. The van der Waals surface area contributed by atoms with E-state index >= 15 is 0 Å². The van der Waals surface area contributed by atoms with Crippen molar-refractivity contribution in [3.8, 4) is 11.5 Å². The number of hydrogen-bond acceptors (Lipinski definition) is 5. The summed E-state index contributed by atoms with van der Waals surface area (Å²) in [7, 11) is 3.00. The standard InChI is InChI=1S/C24H30N4O5/c1-32-20-12-7-17(15-21(20)33-2)23(30)25-16-22(29)26-18-8-10-19(11-9-18)27-24(31)28-13-5-3-4-6-14-28/h7-12,15H,3-6,13-14,16H2,1-2H3,(H,25,30)(H,26,29)(H,27,31). The Balaban J connectivity index is 1.47. The first kappa shape index (κ1) is 23.9. The number of carbonyl (C=O) groups excluding carboxylic acids is 3. The van der Waals surface area contributed by atoms with Gasteiger partial charge in [0.25, 0.3) is 5.91 Å². The molecule has 9 heteroatoms. The molecule has 1 heterocycles. The van der Waals surface area contributed by atoms with Crippen LogP contribution in [0.2, 0.25) is 0 Å². The topological polar surface area (TPSA) is 109 Å². The molecule has 1 aliphatic heterocycles. The molecule has 1 saturated heterocycles. The Morgan fingerprint density at radius 1 is 0.818 bits per heavy atom. The number of nitrogens with zero attached hydrogens (tertiary/aromatic N) is 1. The van der Waals surface area contributed by atoms with Gasteiger partial charge in [-0.2, -0.15) is 0 Å². The van der Waals surface area contributed by atoms with Crippen molar-refractivity contribution in [3.63, 3.8) is 0 Å². The van der Waals surface area contributed by atoms with E-state index in [4.69, 9.17) is 9.47 Å². The highest BCUT2D eigenvalue weighted by Gasteiger charge is 2.16. The van der Waals surface area contributed by atoms with Crippen LogP contribution in [0.1, 0.15) is 36.0 Å². The normalized spacial score (nSPS) is 13.5. The van der Waals surface area contributed by atoms with Crippen LogP contribution < -0.4 is 25.4 Å². The molecule has 2 aromatic carbocycles. The molecule has 0 unspecified atom stereocenters. The zero-order chi connectivity index (χ0) is 23.6. The van der Waals surface area contributed by atoms with Gasteiger partial charge in [0.15, 0.2) is 11.5 Å². The van der Waals surface area contributed by atoms with Crippen molar-refractivity contribution in [2.45, 2.75) is 25.7 Å². The number of rotatable bonds is 7. The molecule has 176 valence electrons. The van der Waals surface area contributed by atoms with Crippen molar-refractivity contribution >= 4 is 29.2 Å². The Morgan fingerprint density at radius 3 is 2.03 bits per heavy atom. The Bertz CT molecular complexity index is 969. The lowest BCUT2D eigenvalue weighted by molar-refractivity contribution is -0.115. The molecule has 2 aromatic rings. The Hall–Kier alpha value is -3.75. The zero-order valence-corrected chi connectivity index (χ0v) is 19.0. The lowest BCUT2D eigenvalue weighted by Crippen LogP contribution is -2.35. The molecule has 0 atom stereocenters. The summed E-state index contributed by atoms with van der Waals surface area (Å²) in [5, 5.41) is 8.19. The number of ether oxygens (including phenoxy) is 2. The molecule has 1 fully saturated rings. The molecule has 0 spiro atoms. The predicted molar refractivity (Wildman–Crippen MR) is 126 cm³/mol. The molecule has 3 rings (SSSR count). The average Bonchev–Trinajstić information content (AvgIpc) is 3.13. The maximum Gasteiger partial charge on any atom is 0.321 e. The Morgan fingerprint density at radius 2 is 1.42 bits per heavy atom. The molecule has 4 amide bonds. The summed E-state index contributed by atoms with van der Waals surface area (Å²) in [5.41, 5.74) is 1.57. The van der Waals surface area contributed by atoms with Gasteiger partial charge >= 0.3 is 6.03 Å². The van der Waals surface area contributed by atoms with Gasteiger partial charge in [0.2, 0.25) is 5.91 Å². The van der Waals surface area contributed by atoms with Crippen LogP contribution >= 0.6 is 0 Å². The van der Waals surface area contributed by atoms with Crippen LogP contribution in [0.4, 0.5) is 16.2 Å². The number of likely N-dealkylation sites (tertiary alicyclic amines) is 1. The second-order valence-corrected chi connectivity index (χ2v) is 7.71. The summed E-state index contributed by atoms with van der Waals surface area (Å²) in [4.78, 5) is 38.8. The molecule has 33 heavy (non-hydrogen) atoms. The number of carbonyl (C=O) groups is 3. The molecule has 0 bridgehead atoms. The van der Waals surface area contributed by atoms with Gasteiger partial charge in [-0.15, -0.1) is 0 Å². The number of benzene rings is 2. The fourth-order valence-corrected chi connectivity index (χ4v) is 3.56. The second-order valence-electron chi connectivity index (χ2n) is 7.71. The van der Waals surface area contributed by atoms with Gasteiger partial charge in [0.1, 0.15) is 0 Å². The lowest BCUT2D eigenvalue weighted by atomic mass is 10.2. The minimum Gasteiger partial charge on any atom is -0.493 e. The van der Waals surface area contributed by atoms with E-state index in [1.807, 2.05) is 4.90 Å². The summed E-state index contributed by atoms with van der Waals surface area (Å²) in [6.07, 6.45) is 4.38. The first-order valence-electron chi connectivity index (χ1n) is 11.0. The van der Waals surface area contributed by atoms with Crippen molar-refractivity contribution in [2.75, 3.05) is 44.5 Å². The smallest absolute Gasteiger partial charge is 0.321 e. The summed E-state index contributed by atoms with van der Waals surface area (Å²) >= 11 is 0. The quantitative estimate of drug-likeness (QED) is 0.594. The average molecular weight is 455 g/mol. The van der Waals surface area contributed by atoms with E-state index in [0.29, 0.717) is 28.4 Å². The van der Waals surface area contributed by atoms with Crippen molar-refractivity contribution < 1.29 is 23.9 Å². The van der Waals surface area contributed by atoms with Gasteiger partial charge in [-0.1, -0.05) is 12.8 Å². The second kappa shape index (κ2) is 11.8. The number of urea groups is 1. The molecular weight excluding hydrogens is 424 g/mol. The predicted octanol–water partition coefficient (Wildman–Crippen LogP) is 3.48. The maximum absolute atomic E-state index is 12.4. The zero-order valence-electron chi connectivity index (χ0n) is 19.0. The highest BCUT2D eigenvalue weighted by atomic mass is 16.5. The Labute approximate surface area is 193 Å². The first-order chi connectivity index (χ1) is 16.0. The van der Waals surface area contributed by atoms with Crippen LogP contribution in [-0.2, 0) is 4.79 Å². The minimum atomic E-state index is -0.405. The van der Waals surface area contributed by atoms with E-state index in [1.165, 1.54) is 14.2 Å². The minimum absolute atomic E-state index is 0.105. The van der Waals surface area contributed by atoms with Gasteiger partial charge in [-0.05, 0) is 55.3 Å². The highest BCUT2D eigenvalue weighted by molar-refractivity contribution is 5.99. The fraction of sp³-hybridized carbons (Fsp3) is 0.375. The van der Waals surface area contributed by atoms with Crippen LogP contribution in [0.3, 0.4) is 0 Å². The number of hydrogen-bond donors (Lipinski definition) is 3. The highest BCUT2D eigenvalue weighted by Crippen LogP contribution is 2.27. The largest absolute Gasteiger partial charge is 0.493 e. The fourth-order valence-electron chi connectivity index (χ4n) is 3.56. The molecule has 1 aliphatic rings. The maximum atomic E-state index is 12.4. The summed E-state index contributed by atoms with van der Waals surface area (Å²) < 4.78 is 10.3. The van der Waals surface area contributed by atoms with E-state index in [9.17, 15) is 14.4 Å². The molecule has 0 aromatic heterocycles. The third-order valence-electron chi connectivity index (χ3n) is 5.37. The lowest BCUT2D eigenvalue weighted by Gasteiger charge is -2.20. The van der Waals surface area contributed by atoms with Crippen molar-refractivity contribution in [2.24, 2.45) is 0 Å². The van der Waals surface area contributed by atoms with E-state index in [1.54, 1.807) is 42.5 Å². The number of methoxy groups -OCH3 is 2. The summed E-state index contributed by atoms with van der Waals surface area (Å²) in [6.45, 7) is 1.35. The molecule has 0 saturated carbocycles. The van der Waals surface area contributed by atoms with Crippen LogP contribution in [0.25, 0.3) is 0 Å². The molecular formula is C24H30N4O5. The van der Waals surface area contributed by atoms with Crippen LogP contribution in [0, 0.1) is 0 Å². The van der Waals surface area contributed by atoms with Gasteiger partial charge in [-0.25, -0.2) is 4.79 Å². The van der Waals surface area contributed by atoms with E-state index in [0.717, 1.165) is 38.8 Å². The van der Waals surface area contributed by atoms with E-state index in [2.05, 4.69) is 16.0 Å². The van der Waals surface area contributed by atoms with Crippen molar-refractivity contribution in [1.82, 2.24) is 10.2 Å². The summed E-state index contributed by atoms with van der Waals surface area (Å²) in [6, 6.07) is 11.5. The van der Waals surface area contributed by atoms with Crippen LogP contribution in [0.5, 0.6) is 11.5 Å². The van der Waals surface area contributed by atoms with E-state index < -0.39 is 5.91 Å². The summed E-state index contributed by atoms with van der Waals surface area (Å²) in [5.74, 6) is 0.165. The van der Waals surface area contributed by atoms with Gasteiger partial charge < -0.3 is 30.3 Å². The van der Waals surface area contributed by atoms with Gasteiger partial charge in [0, 0.05) is 30.0 Å². The third kappa shape index (κ3) is 6.86. The molecule has 0 radical (unpaired) electrons. The van der Waals surface area contributed by atoms with Crippen LogP contribution in [-0.4, -0.2) is 56.6 Å². The van der Waals surface area contributed by atoms with E-state index in [-0.39, 0.29) is 18.5 Å². The number of anilines is 2. The third-order valence-corrected chi connectivity index (χ3v) is 5.37. The number of nitrogens with one attached hydrogen (secondary N) is 3. The van der Waals surface area contributed by atoms with Gasteiger partial charge in [0.05, 0.1) is 20.8 Å². The Kier molecular flexibility index (Phi) is 8.51. The van der Waals surface area contributed by atoms with Crippen LogP contribution in [0.15, 0.2) is 42.5 Å². The van der Waals surface area contributed by atoms with Crippen molar-refractivity contribution in [1.29, 1.82) is 0 Å². The molecule has 0 aliphatic carbocycles. The molecule has 9 nitrogen and oxygen atoms in total. The monoisotopic (exact) mass is 454 g/mol. The number of amides is 4. The van der Waals surface area contributed by atoms with Crippen molar-refractivity contribution in [3.05, 3.63) is 48.0 Å². The molecule has 3 N–H and O–H groups in total. The van der Waals surface area contributed by atoms with Gasteiger partial charge in [-0.3, -0.25) is 9.59 Å².